The lowest BCUT2D eigenvalue weighted by atomic mass is 9.90. The first kappa shape index (κ1) is 37.2. The van der Waals surface area contributed by atoms with E-state index >= 15 is 0 Å². The van der Waals surface area contributed by atoms with Crippen molar-refractivity contribution in [2.75, 3.05) is 0 Å². The Bertz CT molecular complexity index is 3880. The molecule has 2 aromatic heterocycles. The number of para-hydroxylation sites is 1. The maximum atomic E-state index is 7.09. The van der Waals surface area contributed by atoms with Crippen LogP contribution in [0.3, 0.4) is 0 Å². The zero-order valence-electron chi connectivity index (χ0n) is 35.7. The summed E-state index contributed by atoms with van der Waals surface area (Å²) in [6.07, 6.45) is 3.09. The second-order valence-electron chi connectivity index (χ2n) is 17.3. The van der Waals surface area contributed by atoms with Crippen molar-refractivity contribution in [3.8, 4) is 16.8 Å². The summed E-state index contributed by atoms with van der Waals surface area (Å²) in [5, 5.41) is 11.6. The van der Waals surface area contributed by atoms with Crippen molar-refractivity contribution < 1.29 is 4.42 Å². The molecule has 0 spiro atoms. The quantitative estimate of drug-likeness (QED) is 0.170. The van der Waals surface area contributed by atoms with E-state index in [-0.39, 0.29) is 5.92 Å². The van der Waals surface area contributed by atoms with E-state index in [0.717, 1.165) is 73.2 Å². The van der Waals surface area contributed by atoms with Crippen LogP contribution < -0.4 is 0 Å². The molecule has 306 valence electrons. The third-order valence-electron chi connectivity index (χ3n) is 13.4. The number of nitrogens with zero attached hydrogens (tertiary/aromatic N) is 3. The molecule has 1 aliphatic heterocycles. The predicted molar refractivity (Wildman–Crippen MR) is 274 cm³/mol. The average molecular weight is 832 g/mol. The van der Waals surface area contributed by atoms with Gasteiger partial charge in [0.05, 0.1) is 28.1 Å². The fourth-order valence-corrected chi connectivity index (χ4v) is 10.2. The van der Waals surface area contributed by atoms with Crippen LogP contribution in [0.15, 0.2) is 227 Å². The van der Waals surface area contributed by atoms with Gasteiger partial charge in [-0.2, -0.15) is 0 Å². The van der Waals surface area contributed by atoms with Crippen LogP contribution in [0.2, 0.25) is 0 Å². The van der Waals surface area contributed by atoms with Crippen LogP contribution in [-0.4, -0.2) is 16.1 Å². The molecule has 4 heteroatoms. The highest BCUT2D eigenvalue weighted by Gasteiger charge is 2.25. The van der Waals surface area contributed by atoms with Gasteiger partial charge in [0.2, 0.25) is 0 Å². The number of amidine groups is 1. The normalized spacial score (nSPS) is 17.0. The average Bonchev–Trinajstić information content (AvgIpc) is 3.89. The van der Waals surface area contributed by atoms with Crippen molar-refractivity contribution in [3.05, 3.63) is 229 Å². The summed E-state index contributed by atoms with van der Waals surface area (Å²) < 4.78 is 9.49. The molecule has 0 fully saturated rings. The molecule has 0 saturated heterocycles. The highest BCUT2D eigenvalue weighted by Crippen LogP contribution is 2.42. The molecule has 4 nitrogen and oxygen atoms in total. The Kier molecular flexibility index (Phi) is 8.53. The summed E-state index contributed by atoms with van der Waals surface area (Å²) in [7, 11) is 0. The van der Waals surface area contributed by atoms with Crippen LogP contribution in [0.25, 0.3) is 98.6 Å². The van der Waals surface area contributed by atoms with Gasteiger partial charge in [0.1, 0.15) is 5.58 Å². The summed E-state index contributed by atoms with van der Waals surface area (Å²) in [6, 6.07) is 73.9. The minimum absolute atomic E-state index is 0.100. The van der Waals surface area contributed by atoms with Gasteiger partial charge in [0, 0.05) is 38.6 Å². The zero-order valence-corrected chi connectivity index (χ0v) is 35.7. The van der Waals surface area contributed by atoms with Crippen molar-refractivity contribution >= 4 is 93.3 Å². The molecule has 0 N–H and O–H groups in total. The second-order valence-corrected chi connectivity index (χ2v) is 17.3. The Balaban J connectivity index is 1.09. The number of allylic oxidation sites excluding steroid dienone is 1. The second kappa shape index (κ2) is 14.9. The number of aliphatic imine (C=N–C) groups is 2. The van der Waals surface area contributed by atoms with Gasteiger partial charge >= 0.3 is 0 Å². The molecule has 1 aliphatic rings. The Labute approximate surface area is 375 Å². The van der Waals surface area contributed by atoms with Gasteiger partial charge in [0.25, 0.3) is 0 Å². The number of hydrogen-bond acceptors (Lipinski definition) is 3. The Hall–Kier alpha value is -8.34. The molecular weight excluding hydrogens is 791 g/mol. The van der Waals surface area contributed by atoms with Gasteiger partial charge in [-0.05, 0) is 97.9 Å². The van der Waals surface area contributed by atoms with Crippen LogP contribution in [-0.2, 0) is 0 Å². The molecule has 0 amide bonds. The summed E-state index contributed by atoms with van der Waals surface area (Å²) in [4.78, 5) is 11.3. The summed E-state index contributed by atoms with van der Waals surface area (Å²) in [5.41, 5.74) is 12.2. The molecular formula is C61H41N3O. The first-order valence-electron chi connectivity index (χ1n) is 22.5. The highest BCUT2D eigenvalue weighted by atomic mass is 16.3. The molecule has 13 rings (SSSR count). The van der Waals surface area contributed by atoms with E-state index in [2.05, 4.69) is 224 Å². The first-order valence-corrected chi connectivity index (χ1v) is 22.5. The molecule has 0 bridgehead atoms. The Morgan fingerprint density at radius 2 is 1.03 bits per heavy atom. The minimum atomic E-state index is 0.100. The van der Waals surface area contributed by atoms with Gasteiger partial charge in [-0.25, -0.2) is 9.98 Å². The monoisotopic (exact) mass is 831 g/mol. The van der Waals surface area contributed by atoms with Crippen LogP contribution in [0.1, 0.15) is 30.0 Å². The van der Waals surface area contributed by atoms with Crippen molar-refractivity contribution in [1.82, 2.24) is 4.57 Å². The van der Waals surface area contributed by atoms with E-state index in [0.29, 0.717) is 5.84 Å². The van der Waals surface area contributed by atoms with Crippen molar-refractivity contribution in [2.24, 2.45) is 15.9 Å². The molecule has 10 aromatic carbocycles. The van der Waals surface area contributed by atoms with Gasteiger partial charge in [0.15, 0.2) is 11.4 Å². The van der Waals surface area contributed by atoms with E-state index < -0.39 is 0 Å². The number of aromatic nitrogens is 1. The van der Waals surface area contributed by atoms with Crippen molar-refractivity contribution in [1.29, 1.82) is 0 Å². The third kappa shape index (κ3) is 6.13. The fraction of sp³-hybridized carbons (Fsp3) is 0.0492. The van der Waals surface area contributed by atoms with Gasteiger partial charge in [-0.3, -0.25) is 0 Å². The van der Waals surface area contributed by atoms with E-state index in [1.165, 1.54) is 54.2 Å². The highest BCUT2D eigenvalue weighted by molar-refractivity contribution is 6.26. The molecule has 3 heterocycles. The molecule has 0 aliphatic carbocycles. The molecule has 1 atom stereocenters. The molecule has 1 unspecified atom stereocenters. The van der Waals surface area contributed by atoms with Gasteiger partial charge in [-0.15, -0.1) is 0 Å². The number of fused-ring (bicyclic) bond motifs is 9. The van der Waals surface area contributed by atoms with E-state index in [4.69, 9.17) is 14.4 Å². The molecule has 0 radical (unpaired) electrons. The molecule has 65 heavy (non-hydrogen) atoms. The Morgan fingerprint density at radius 3 is 1.74 bits per heavy atom. The number of rotatable bonds is 5. The summed E-state index contributed by atoms with van der Waals surface area (Å²) >= 11 is 0. The number of hydrogen-bond donors (Lipinski definition) is 0. The van der Waals surface area contributed by atoms with Crippen molar-refractivity contribution in [2.45, 2.75) is 13.3 Å². The maximum absolute atomic E-state index is 7.09. The lowest BCUT2D eigenvalue weighted by Gasteiger charge is -2.20. The predicted octanol–water partition coefficient (Wildman–Crippen LogP) is 16.1. The van der Waals surface area contributed by atoms with Crippen LogP contribution in [0.4, 0.5) is 0 Å². The largest absolute Gasteiger partial charge is 0.454 e. The van der Waals surface area contributed by atoms with Crippen molar-refractivity contribution in [3.63, 3.8) is 0 Å². The third-order valence-corrected chi connectivity index (χ3v) is 13.4. The standard InChI is InChI=1S/C61H41N3O/c1-38-26-32-53(42-29-27-40(28-30-42)39-14-3-2-4-15-39)62-61(63-59(38)48-24-13-21-41-16-9-10-22-47(41)48)50-31-33-54(60-58(50)49-23-11-12-25-57(49)65-60)64-55-36-45-19-7-5-17-43(45)34-51(55)52-35-44-18-6-8-20-46(44)37-56(52)64/h2-25,27-38H,26H2,1H3/b53-32+,62-61-,63-59+. The lowest BCUT2D eigenvalue weighted by Crippen LogP contribution is -2.17. The molecule has 0 saturated carbocycles. The topological polar surface area (TPSA) is 42.8 Å². The Morgan fingerprint density at radius 1 is 0.462 bits per heavy atom. The maximum Gasteiger partial charge on any atom is 0.160 e. The van der Waals surface area contributed by atoms with Gasteiger partial charge in [-0.1, -0.05) is 177 Å². The minimum Gasteiger partial charge on any atom is -0.454 e. The number of furan rings is 1. The summed E-state index contributed by atoms with van der Waals surface area (Å²) in [5.74, 6) is 0.753. The van der Waals surface area contributed by atoms with E-state index in [9.17, 15) is 0 Å². The van der Waals surface area contributed by atoms with E-state index in [1.54, 1.807) is 0 Å². The zero-order chi connectivity index (χ0) is 43.0. The van der Waals surface area contributed by atoms with Crippen LogP contribution in [0.5, 0.6) is 0 Å². The SMILES string of the molecule is CC1C/C=C(c2ccc(-c3ccccc3)cc2)/N=C(c2ccc(-n3c4cc5ccccc5cc4c4cc5ccccc5cc43)c3oc4ccccc4c23)\N=C/1c1cccc2ccccc12. The fourth-order valence-electron chi connectivity index (χ4n) is 10.2. The van der Waals surface area contributed by atoms with Gasteiger partial charge < -0.3 is 8.98 Å². The lowest BCUT2D eigenvalue weighted by molar-refractivity contribution is 0.666. The summed E-state index contributed by atoms with van der Waals surface area (Å²) in [6.45, 7) is 2.29. The van der Waals surface area contributed by atoms with E-state index in [1.807, 2.05) is 0 Å². The van der Waals surface area contributed by atoms with Crippen LogP contribution in [0, 0.1) is 5.92 Å². The smallest absolute Gasteiger partial charge is 0.160 e. The first-order chi connectivity index (χ1) is 32.1. The number of benzene rings is 10. The van der Waals surface area contributed by atoms with Crippen LogP contribution >= 0.6 is 0 Å². The molecule has 12 aromatic rings.